The van der Waals surface area contributed by atoms with Gasteiger partial charge in [-0.3, -0.25) is 4.79 Å². The molecule has 4 fully saturated rings. The molecule has 0 aromatic heterocycles. The normalized spacial score (nSPS) is 44.6. The van der Waals surface area contributed by atoms with E-state index in [1.165, 1.54) is 44.1 Å². The third-order valence-electron chi connectivity index (χ3n) is 7.22. The molecule has 2 heterocycles. The van der Waals surface area contributed by atoms with Crippen molar-refractivity contribution in [3.8, 4) is 0 Å². The molecule has 3 nitrogen and oxygen atoms in total. The first-order valence-corrected chi connectivity index (χ1v) is 9.67. The predicted octanol–water partition coefficient (Wildman–Crippen LogP) is 3.79. The Morgan fingerprint density at radius 2 is 2.04 bits per heavy atom. The predicted molar refractivity (Wildman–Crippen MR) is 91.0 cm³/mol. The summed E-state index contributed by atoms with van der Waals surface area (Å²) in [5, 5.41) is 0. The Bertz CT molecular complexity index is 496. The molecule has 0 N–H and O–H groups in total. The summed E-state index contributed by atoms with van der Waals surface area (Å²) in [6.45, 7) is 10.0. The number of ether oxygens (including phenoxy) is 1. The van der Waals surface area contributed by atoms with E-state index in [-0.39, 0.29) is 18.0 Å². The second kappa shape index (κ2) is 5.91. The average Bonchev–Trinajstić information content (AvgIpc) is 2.81. The first-order chi connectivity index (χ1) is 11.1. The minimum absolute atomic E-state index is 0.0819. The molecule has 23 heavy (non-hydrogen) atoms. The highest BCUT2D eigenvalue weighted by atomic mass is 16.6. The molecule has 2 saturated carbocycles. The van der Waals surface area contributed by atoms with Crippen molar-refractivity contribution in [3.63, 3.8) is 0 Å². The Morgan fingerprint density at radius 3 is 2.83 bits per heavy atom. The molecule has 2 saturated heterocycles. The largest absolute Gasteiger partial charge is 0.462 e. The zero-order valence-electron chi connectivity index (χ0n) is 14.6. The van der Waals surface area contributed by atoms with Crippen LogP contribution in [0.4, 0.5) is 0 Å². The fraction of sp³-hybridized carbons (Fsp3) is 0.850. The van der Waals surface area contributed by atoms with Gasteiger partial charge in [0.2, 0.25) is 0 Å². The summed E-state index contributed by atoms with van der Waals surface area (Å²) in [5.74, 6) is 1.23. The summed E-state index contributed by atoms with van der Waals surface area (Å²) in [5.41, 5.74) is 1.75. The fourth-order valence-corrected chi connectivity index (χ4v) is 5.88. The first-order valence-electron chi connectivity index (χ1n) is 9.67. The number of rotatable bonds is 2. The molecule has 0 amide bonds. The van der Waals surface area contributed by atoms with Crippen LogP contribution in [0.2, 0.25) is 0 Å². The Hall–Kier alpha value is -0.830. The van der Waals surface area contributed by atoms with Gasteiger partial charge in [-0.2, -0.15) is 0 Å². The number of fused-ring (bicyclic) bond motifs is 2. The summed E-state index contributed by atoms with van der Waals surface area (Å²) in [4.78, 5) is 15.0. The van der Waals surface area contributed by atoms with Gasteiger partial charge < -0.3 is 9.64 Å². The molecule has 0 radical (unpaired) electrons. The fourth-order valence-electron chi connectivity index (χ4n) is 5.88. The van der Waals surface area contributed by atoms with Gasteiger partial charge in [0, 0.05) is 12.5 Å². The number of carbonyl (C=O) groups is 1. The molecule has 2 aliphatic heterocycles. The molecule has 2 aliphatic carbocycles. The van der Waals surface area contributed by atoms with E-state index in [4.69, 9.17) is 4.74 Å². The number of likely N-dealkylation sites (tertiary alicyclic amines) is 1. The molecule has 5 atom stereocenters. The van der Waals surface area contributed by atoms with E-state index >= 15 is 0 Å². The van der Waals surface area contributed by atoms with E-state index in [2.05, 4.69) is 18.4 Å². The van der Waals surface area contributed by atoms with Crippen LogP contribution in [0, 0.1) is 23.2 Å². The number of piperidine rings is 1. The van der Waals surface area contributed by atoms with E-state index < -0.39 is 0 Å². The van der Waals surface area contributed by atoms with E-state index in [9.17, 15) is 4.79 Å². The number of allylic oxidation sites excluding steroid dienone is 1. The summed E-state index contributed by atoms with van der Waals surface area (Å²) in [7, 11) is 0. The van der Waals surface area contributed by atoms with E-state index in [0.29, 0.717) is 17.3 Å². The second-order valence-corrected chi connectivity index (χ2v) is 8.77. The molecule has 0 spiro atoms. The highest BCUT2D eigenvalue weighted by molar-refractivity contribution is 5.75. The summed E-state index contributed by atoms with van der Waals surface area (Å²) in [6.07, 6.45) is 9.99. The molecule has 3 heteroatoms. The summed E-state index contributed by atoms with van der Waals surface area (Å²) >= 11 is 0. The van der Waals surface area contributed by atoms with Crippen molar-refractivity contribution < 1.29 is 9.53 Å². The third kappa shape index (κ3) is 2.75. The number of esters is 1. The zero-order chi connectivity index (χ0) is 16.0. The number of nitrogens with zero attached hydrogens (tertiary/aromatic N) is 1. The molecule has 4 rings (SSSR count). The van der Waals surface area contributed by atoms with Gasteiger partial charge in [0.25, 0.3) is 0 Å². The van der Waals surface area contributed by atoms with Crippen LogP contribution in [-0.2, 0) is 9.53 Å². The van der Waals surface area contributed by atoms with E-state index in [1.807, 2.05) is 0 Å². The number of hydrogen-bond acceptors (Lipinski definition) is 3. The van der Waals surface area contributed by atoms with Gasteiger partial charge in [-0.1, -0.05) is 25.5 Å². The standard InChI is InChI=1S/C20H31NO2/c1-14-7-6-8-20(2)12-18-15(11-17(14)20)16(19(22)23-18)13-21-9-4-3-5-10-21/h15-18H,1,3-13H2,2H3/t15-,16+,17+,18+,20+/m0/s1. The Kier molecular flexibility index (Phi) is 4.03. The van der Waals surface area contributed by atoms with Crippen LogP contribution in [0.1, 0.15) is 58.3 Å². The molecule has 4 aliphatic rings. The lowest BCUT2D eigenvalue weighted by molar-refractivity contribution is -0.146. The van der Waals surface area contributed by atoms with Gasteiger partial charge in [-0.15, -0.1) is 0 Å². The average molecular weight is 317 g/mol. The Morgan fingerprint density at radius 1 is 1.26 bits per heavy atom. The van der Waals surface area contributed by atoms with Gasteiger partial charge in [-0.05, 0) is 69.4 Å². The SMILES string of the molecule is C=C1CCC[C@]2(C)C[C@H]3OC(=O)[C@H](CN4CCCCC4)[C@@H]3C[C@H]12. The van der Waals surface area contributed by atoms with Crippen molar-refractivity contribution in [2.75, 3.05) is 19.6 Å². The van der Waals surface area contributed by atoms with Crippen molar-refractivity contribution in [2.45, 2.75) is 64.4 Å². The van der Waals surface area contributed by atoms with Crippen LogP contribution >= 0.6 is 0 Å². The lowest BCUT2D eigenvalue weighted by Crippen LogP contribution is -2.46. The van der Waals surface area contributed by atoms with Crippen molar-refractivity contribution in [2.24, 2.45) is 23.2 Å². The quantitative estimate of drug-likeness (QED) is 0.573. The third-order valence-corrected chi connectivity index (χ3v) is 7.22. The van der Waals surface area contributed by atoms with Crippen LogP contribution in [0.15, 0.2) is 12.2 Å². The van der Waals surface area contributed by atoms with Gasteiger partial charge in [-0.25, -0.2) is 0 Å². The highest BCUT2D eigenvalue weighted by Gasteiger charge is 2.55. The smallest absolute Gasteiger partial charge is 0.310 e. The van der Waals surface area contributed by atoms with Crippen molar-refractivity contribution >= 4 is 5.97 Å². The Labute approximate surface area is 140 Å². The zero-order valence-corrected chi connectivity index (χ0v) is 14.6. The lowest BCUT2D eigenvalue weighted by atomic mass is 9.55. The van der Waals surface area contributed by atoms with Crippen molar-refractivity contribution in [1.82, 2.24) is 4.90 Å². The highest BCUT2D eigenvalue weighted by Crippen LogP contribution is 2.56. The van der Waals surface area contributed by atoms with E-state index in [0.717, 1.165) is 32.5 Å². The van der Waals surface area contributed by atoms with Crippen molar-refractivity contribution in [1.29, 1.82) is 0 Å². The van der Waals surface area contributed by atoms with Crippen molar-refractivity contribution in [3.05, 3.63) is 12.2 Å². The summed E-state index contributed by atoms with van der Waals surface area (Å²) in [6, 6.07) is 0. The Balaban J connectivity index is 1.50. The first kappa shape index (κ1) is 15.7. The monoisotopic (exact) mass is 317 g/mol. The molecular formula is C20H31NO2. The lowest BCUT2D eigenvalue weighted by Gasteiger charge is -2.50. The van der Waals surface area contributed by atoms with Gasteiger partial charge >= 0.3 is 5.97 Å². The number of hydrogen-bond donors (Lipinski definition) is 0. The molecule has 0 aromatic rings. The summed E-state index contributed by atoms with van der Waals surface area (Å²) < 4.78 is 5.87. The van der Waals surface area contributed by atoms with Gasteiger partial charge in [0.15, 0.2) is 0 Å². The molecule has 0 bridgehead atoms. The molecule has 128 valence electrons. The van der Waals surface area contributed by atoms with Crippen LogP contribution in [0.5, 0.6) is 0 Å². The minimum atomic E-state index is 0.0819. The maximum absolute atomic E-state index is 12.5. The molecular weight excluding hydrogens is 286 g/mol. The minimum Gasteiger partial charge on any atom is -0.462 e. The number of carbonyl (C=O) groups excluding carboxylic acids is 1. The topological polar surface area (TPSA) is 29.5 Å². The van der Waals surface area contributed by atoms with E-state index in [1.54, 1.807) is 0 Å². The van der Waals surface area contributed by atoms with Crippen LogP contribution in [0.25, 0.3) is 0 Å². The van der Waals surface area contributed by atoms with Crippen LogP contribution < -0.4 is 0 Å². The van der Waals surface area contributed by atoms with Crippen LogP contribution in [0.3, 0.4) is 0 Å². The molecule has 0 unspecified atom stereocenters. The maximum atomic E-state index is 12.5. The van der Waals surface area contributed by atoms with Gasteiger partial charge in [0.05, 0.1) is 5.92 Å². The molecule has 0 aromatic carbocycles. The second-order valence-electron chi connectivity index (χ2n) is 8.77. The van der Waals surface area contributed by atoms with Crippen LogP contribution in [-0.4, -0.2) is 36.6 Å². The maximum Gasteiger partial charge on any atom is 0.310 e. The van der Waals surface area contributed by atoms with Gasteiger partial charge in [0.1, 0.15) is 6.10 Å².